The van der Waals surface area contributed by atoms with Gasteiger partial charge in [-0.25, -0.2) is 9.67 Å². The van der Waals surface area contributed by atoms with Crippen molar-refractivity contribution < 1.29 is 14.4 Å². The van der Waals surface area contributed by atoms with Crippen LogP contribution in [-0.2, 0) is 0 Å². The van der Waals surface area contributed by atoms with Crippen LogP contribution in [0.25, 0.3) is 11.3 Å². The van der Waals surface area contributed by atoms with Crippen molar-refractivity contribution in [3.63, 3.8) is 0 Å². The Bertz CT molecular complexity index is 1600. The molecule has 0 amide bonds. The van der Waals surface area contributed by atoms with Crippen molar-refractivity contribution in [1.29, 1.82) is 0 Å². The third-order valence-corrected chi connectivity index (χ3v) is 6.92. The molecule has 182 valence electrons. The molecule has 8 nitrogen and oxygen atoms in total. The number of ether oxygens (including phenoxy) is 2. The molecular formula is C27H24N4O4S. The summed E-state index contributed by atoms with van der Waals surface area (Å²) >= 11 is 1.46. The Kier molecular flexibility index (Phi) is 6.15. The average Bonchev–Trinajstić information content (AvgIpc) is 3.47. The summed E-state index contributed by atoms with van der Waals surface area (Å²) in [6, 6.07) is 15.3. The molecule has 1 aromatic heterocycles. The number of thiazole rings is 1. The Morgan fingerprint density at radius 2 is 1.72 bits per heavy atom. The molecule has 0 bridgehead atoms. The van der Waals surface area contributed by atoms with Crippen molar-refractivity contribution >= 4 is 28.9 Å². The van der Waals surface area contributed by atoms with Gasteiger partial charge in [-0.15, -0.1) is 11.3 Å². The molecule has 0 unspecified atom stereocenters. The van der Waals surface area contributed by atoms with Crippen LogP contribution in [0, 0.1) is 37.8 Å². The molecule has 1 aliphatic rings. The van der Waals surface area contributed by atoms with Gasteiger partial charge in [-0.05, 0) is 68.1 Å². The lowest BCUT2D eigenvalue weighted by atomic mass is 10.1. The lowest BCUT2D eigenvalue weighted by Crippen LogP contribution is -2.12. The molecule has 5 rings (SSSR count). The molecule has 4 aromatic rings. The van der Waals surface area contributed by atoms with Crippen molar-refractivity contribution in [2.24, 2.45) is 10.1 Å². The minimum atomic E-state index is -0.451. The molecule has 0 spiro atoms. The van der Waals surface area contributed by atoms with E-state index in [1.54, 1.807) is 10.7 Å². The summed E-state index contributed by atoms with van der Waals surface area (Å²) in [5, 5.41) is 18.4. The quantitative estimate of drug-likeness (QED) is 0.185. The highest BCUT2D eigenvalue weighted by Gasteiger charge is 2.22. The number of fused-ring (bicyclic) bond motifs is 1. The minimum absolute atomic E-state index is 0.0299. The number of aromatic nitrogens is 1. The van der Waals surface area contributed by atoms with E-state index in [0.717, 1.165) is 33.6 Å². The van der Waals surface area contributed by atoms with E-state index in [0.29, 0.717) is 21.9 Å². The van der Waals surface area contributed by atoms with Crippen LogP contribution in [-0.4, -0.2) is 22.6 Å². The van der Waals surface area contributed by atoms with Gasteiger partial charge in [0.1, 0.15) is 0 Å². The molecule has 0 saturated carbocycles. The summed E-state index contributed by atoms with van der Waals surface area (Å²) in [5.74, 6) is 0.801. The maximum Gasteiger partial charge on any atom is 0.282 e. The molecular weight excluding hydrogens is 476 g/mol. The summed E-state index contributed by atoms with van der Waals surface area (Å²) in [6.45, 7) is 8.20. The van der Waals surface area contributed by atoms with Gasteiger partial charge < -0.3 is 9.47 Å². The zero-order chi connectivity index (χ0) is 25.4. The lowest BCUT2D eigenvalue weighted by Gasteiger charge is -2.07. The van der Waals surface area contributed by atoms with E-state index in [-0.39, 0.29) is 12.5 Å². The first kappa shape index (κ1) is 23.5. The molecule has 0 saturated heterocycles. The number of hydrogen-bond acceptors (Lipinski definition) is 7. The largest absolute Gasteiger partial charge is 0.454 e. The monoisotopic (exact) mass is 500 g/mol. The Morgan fingerprint density at radius 1 is 0.972 bits per heavy atom. The van der Waals surface area contributed by atoms with Gasteiger partial charge >= 0.3 is 0 Å². The van der Waals surface area contributed by atoms with Crippen molar-refractivity contribution in [3.8, 4) is 22.8 Å². The fourth-order valence-electron chi connectivity index (χ4n) is 3.86. The van der Waals surface area contributed by atoms with Crippen molar-refractivity contribution in [2.75, 3.05) is 6.79 Å². The highest BCUT2D eigenvalue weighted by atomic mass is 32.1. The van der Waals surface area contributed by atoms with Gasteiger partial charge in [-0.2, -0.15) is 5.10 Å². The first-order valence-electron chi connectivity index (χ1n) is 11.3. The first-order chi connectivity index (χ1) is 17.3. The van der Waals surface area contributed by atoms with E-state index in [4.69, 9.17) is 14.5 Å². The number of aryl methyl sites for hydroxylation is 4. The Morgan fingerprint density at radius 3 is 2.47 bits per heavy atom. The molecule has 1 aliphatic heterocycles. The number of rotatable bonds is 5. The van der Waals surface area contributed by atoms with Gasteiger partial charge in [-0.3, -0.25) is 10.1 Å². The predicted molar refractivity (Wildman–Crippen MR) is 141 cm³/mol. The summed E-state index contributed by atoms with van der Waals surface area (Å²) < 4.78 is 12.5. The Hall–Kier alpha value is -4.24. The predicted octanol–water partition coefficient (Wildman–Crippen LogP) is 6.20. The van der Waals surface area contributed by atoms with Crippen LogP contribution in [0.5, 0.6) is 11.5 Å². The molecule has 0 fully saturated rings. The van der Waals surface area contributed by atoms with Crippen LogP contribution < -0.4 is 14.3 Å². The van der Waals surface area contributed by atoms with Gasteiger partial charge in [0, 0.05) is 10.9 Å². The standard InChI is InChI=1S/C27H24N4O4S/c1-16-5-6-18(3)22(9-16)29-27-30(24(14-36-27)20-8-7-17(2)19(4)10-20)28-13-21-11-25-26(35-15-34-25)12-23(21)31(32)33/h5-14H,15H2,1-4H3. The van der Waals surface area contributed by atoms with Crippen LogP contribution in [0.3, 0.4) is 0 Å². The smallest absolute Gasteiger partial charge is 0.282 e. The molecule has 0 N–H and O–H groups in total. The second-order valence-corrected chi connectivity index (χ2v) is 9.52. The van der Waals surface area contributed by atoms with Crippen LogP contribution in [0.15, 0.2) is 64.0 Å². The molecule has 36 heavy (non-hydrogen) atoms. The number of nitrogens with zero attached hydrogens (tertiary/aromatic N) is 4. The zero-order valence-electron chi connectivity index (χ0n) is 20.3. The van der Waals surface area contributed by atoms with E-state index in [9.17, 15) is 10.1 Å². The van der Waals surface area contributed by atoms with Crippen LogP contribution in [0.2, 0.25) is 0 Å². The van der Waals surface area contributed by atoms with E-state index >= 15 is 0 Å². The number of nitro benzene ring substituents is 1. The summed E-state index contributed by atoms with van der Waals surface area (Å²) in [6.07, 6.45) is 1.47. The summed E-state index contributed by atoms with van der Waals surface area (Å²) in [4.78, 5) is 16.8. The van der Waals surface area contributed by atoms with Crippen molar-refractivity contribution in [1.82, 2.24) is 4.68 Å². The second-order valence-electron chi connectivity index (χ2n) is 8.68. The maximum absolute atomic E-state index is 11.7. The van der Waals surface area contributed by atoms with E-state index < -0.39 is 4.92 Å². The van der Waals surface area contributed by atoms with Gasteiger partial charge in [0.25, 0.3) is 5.69 Å². The molecule has 9 heteroatoms. The number of nitro groups is 1. The van der Waals surface area contributed by atoms with Crippen LogP contribution in [0.4, 0.5) is 11.4 Å². The van der Waals surface area contributed by atoms with E-state index in [2.05, 4.69) is 31.1 Å². The van der Waals surface area contributed by atoms with Crippen molar-refractivity contribution in [3.05, 3.63) is 96.6 Å². The molecule has 2 heterocycles. The highest BCUT2D eigenvalue weighted by molar-refractivity contribution is 7.07. The molecule has 3 aromatic carbocycles. The Labute approximate surface area is 211 Å². The molecule has 0 radical (unpaired) electrons. The average molecular weight is 501 g/mol. The maximum atomic E-state index is 11.7. The summed E-state index contributed by atoms with van der Waals surface area (Å²) in [7, 11) is 0. The summed E-state index contributed by atoms with van der Waals surface area (Å²) in [5.41, 5.74) is 7.38. The molecule has 0 atom stereocenters. The fourth-order valence-corrected chi connectivity index (χ4v) is 4.71. The Balaban J connectivity index is 1.69. The normalized spacial score (nSPS) is 13.1. The lowest BCUT2D eigenvalue weighted by molar-refractivity contribution is -0.385. The highest BCUT2D eigenvalue weighted by Crippen LogP contribution is 2.37. The van der Waals surface area contributed by atoms with E-state index in [1.807, 2.05) is 43.5 Å². The minimum Gasteiger partial charge on any atom is -0.454 e. The number of benzene rings is 3. The van der Waals surface area contributed by atoms with E-state index in [1.165, 1.54) is 29.2 Å². The van der Waals surface area contributed by atoms with Gasteiger partial charge in [0.2, 0.25) is 11.6 Å². The van der Waals surface area contributed by atoms with Gasteiger partial charge in [-0.1, -0.05) is 24.3 Å². The van der Waals surface area contributed by atoms with Crippen LogP contribution in [0.1, 0.15) is 27.8 Å². The fraction of sp³-hybridized carbons (Fsp3) is 0.185. The molecule has 0 aliphatic carbocycles. The van der Waals surface area contributed by atoms with Crippen molar-refractivity contribution in [2.45, 2.75) is 27.7 Å². The van der Waals surface area contributed by atoms with Crippen LogP contribution >= 0.6 is 11.3 Å². The SMILES string of the molecule is Cc1ccc(C)c(N=c2scc(-c3ccc(C)c(C)c3)n2N=Cc2cc3c(cc2[N+](=O)[O-])OCO3)c1. The third kappa shape index (κ3) is 4.52. The number of hydrogen-bond donors (Lipinski definition) is 0. The third-order valence-electron chi connectivity index (χ3n) is 6.10. The van der Waals surface area contributed by atoms with Gasteiger partial charge in [0.05, 0.1) is 34.1 Å². The second kappa shape index (κ2) is 9.43. The van der Waals surface area contributed by atoms with Gasteiger partial charge in [0.15, 0.2) is 11.5 Å². The zero-order valence-corrected chi connectivity index (χ0v) is 21.1. The first-order valence-corrected chi connectivity index (χ1v) is 12.2. The topological polar surface area (TPSA) is 91.2 Å².